The van der Waals surface area contributed by atoms with E-state index in [9.17, 15) is 22.4 Å². The minimum absolute atomic E-state index is 0.0600. The Morgan fingerprint density at radius 1 is 1.45 bits per heavy atom. The lowest BCUT2D eigenvalue weighted by Gasteiger charge is -2.18. The fraction of sp³-hybridized carbons (Fsp3) is 0.700. The first-order valence-electron chi connectivity index (χ1n) is 5.75. The zero-order valence-electron chi connectivity index (χ0n) is 10.1. The van der Waals surface area contributed by atoms with E-state index in [2.05, 4.69) is 10.2 Å². The molecule has 0 aliphatic heterocycles. The highest BCUT2D eigenvalue weighted by molar-refractivity contribution is 7.99. The van der Waals surface area contributed by atoms with Crippen LogP contribution in [0.25, 0.3) is 0 Å². The van der Waals surface area contributed by atoms with Crippen molar-refractivity contribution in [3.8, 4) is 0 Å². The normalized spacial score (nSPS) is 15.8. The molecule has 2 rings (SSSR count). The number of carboxylic acid groups (broad SMARTS) is 1. The highest BCUT2D eigenvalue weighted by Crippen LogP contribution is 2.41. The predicted molar refractivity (Wildman–Crippen MR) is 61.3 cm³/mol. The van der Waals surface area contributed by atoms with Crippen LogP contribution >= 0.6 is 11.8 Å². The maximum Gasteiger partial charge on any atom is 0.325 e. The van der Waals surface area contributed by atoms with Crippen LogP contribution in [0.4, 0.5) is 17.6 Å². The van der Waals surface area contributed by atoms with Gasteiger partial charge in [-0.3, -0.25) is 9.36 Å². The van der Waals surface area contributed by atoms with Gasteiger partial charge >= 0.3 is 18.3 Å². The maximum atomic E-state index is 13.2. The van der Waals surface area contributed by atoms with Crippen LogP contribution in [0, 0.1) is 0 Å². The summed E-state index contributed by atoms with van der Waals surface area (Å²) in [4.78, 5) is 10.5. The molecule has 10 heteroatoms. The highest BCUT2D eigenvalue weighted by atomic mass is 32.2. The van der Waals surface area contributed by atoms with E-state index >= 15 is 0 Å². The summed E-state index contributed by atoms with van der Waals surface area (Å²) in [6.07, 6.45) is -2.32. The molecule has 1 aromatic heterocycles. The van der Waals surface area contributed by atoms with Gasteiger partial charge in [-0.15, -0.1) is 10.2 Å². The van der Waals surface area contributed by atoms with Crippen LogP contribution in [0.1, 0.15) is 24.6 Å². The van der Waals surface area contributed by atoms with Crippen molar-refractivity contribution in [2.75, 3.05) is 5.75 Å². The number of aromatic nitrogens is 3. The standard InChI is InChI=1S/C10H11F4N3O2S/c11-8(12)10(13,14)4-17-7(5-1-2-5)15-16-9(17)20-3-6(18)19/h5,8H,1-4H2,(H,18,19). The molecule has 0 saturated heterocycles. The van der Waals surface area contributed by atoms with Crippen molar-refractivity contribution in [2.24, 2.45) is 0 Å². The molecule has 0 amide bonds. The summed E-state index contributed by atoms with van der Waals surface area (Å²) < 4.78 is 51.9. The maximum absolute atomic E-state index is 13.2. The van der Waals surface area contributed by atoms with E-state index in [1.807, 2.05) is 0 Å². The van der Waals surface area contributed by atoms with Crippen LogP contribution in [0.3, 0.4) is 0 Å². The average molecular weight is 313 g/mol. The minimum atomic E-state index is -4.20. The van der Waals surface area contributed by atoms with Gasteiger partial charge in [-0.1, -0.05) is 11.8 Å². The molecular formula is C10H11F4N3O2S. The molecule has 20 heavy (non-hydrogen) atoms. The molecule has 1 aliphatic carbocycles. The zero-order chi connectivity index (χ0) is 14.9. The Morgan fingerprint density at radius 3 is 2.60 bits per heavy atom. The molecule has 1 aromatic rings. The van der Waals surface area contributed by atoms with Crippen LogP contribution in [-0.2, 0) is 11.3 Å². The van der Waals surface area contributed by atoms with Crippen molar-refractivity contribution < 1.29 is 27.5 Å². The summed E-state index contributed by atoms with van der Waals surface area (Å²) in [5.74, 6) is -5.60. The molecule has 0 spiro atoms. The van der Waals surface area contributed by atoms with Gasteiger partial charge in [-0.25, -0.2) is 8.78 Å². The van der Waals surface area contributed by atoms with Crippen LogP contribution in [0.2, 0.25) is 0 Å². The van der Waals surface area contributed by atoms with E-state index in [0.29, 0.717) is 11.8 Å². The van der Waals surface area contributed by atoms with Gasteiger partial charge in [0, 0.05) is 5.92 Å². The van der Waals surface area contributed by atoms with Crippen molar-refractivity contribution in [1.82, 2.24) is 14.8 Å². The summed E-state index contributed by atoms with van der Waals surface area (Å²) in [5.41, 5.74) is 0. The Morgan fingerprint density at radius 2 is 2.10 bits per heavy atom. The quantitative estimate of drug-likeness (QED) is 0.617. The van der Waals surface area contributed by atoms with Crippen LogP contribution in [0.15, 0.2) is 5.16 Å². The molecule has 0 radical (unpaired) electrons. The molecule has 0 atom stereocenters. The number of hydrogen-bond acceptors (Lipinski definition) is 4. The lowest BCUT2D eigenvalue weighted by atomic mass is 10.3. The van der Waals surface area contributed by atoms with E-state index in [0.717, 1.165) is 17.4 Å². The van der Waals surface area contributed by atoms with Crippen molar-refractivity contribution in [1.29, 1.82) is 0 Å². The number of aliphatic carboxylic acids is 1. The Kier molecular flexibility index (Phi) is 4.21. The number of nitrogens with zero attached hydrogens (tertiary/aromatic N) is 3. The zero-order valence-corrected chi connectivity index (χ0v) is 10.9. The topological polar surface area (TPSA) is 68.0 Å². The van der Waals surface area contributed by atoms with E-state index < -0.39 is 30.6 Å². The second kappa shape index (κ2) is 5.58. The second-order valence-corrected chi connectivity index (χ2v) is 5.39. The first-order valence-corrected chi connectivity index (χ1v) is 6.73. The summed E-state index contributed by atoms with van der Waals surface area (Å²) >= 11 is 0.685. The van der Waals surface area contributed by atoms with Gasteiger partial charge < -0.3 is 5.11 Å². The third kappa shape index (κ3) is 3.41. The minimum Gasteiger partial charge on any atom is -0.481 e. The lowest BCUT2D eigenvalue weighted by molar-refractivity contribution is -0.139. The van der Waals surface area contributed by atoms with Crippen LogP contribution in [-0.4, -0.2) is 43.9 Å². The molecule has 1 saturated carbocycles. The van der Waals surface area contributed by atoms with Crippen LogP contribution < -0.4 is 0 Å². The fourth-order valence-electron chi connectivity index (χ4n) is 1.61. The van der Waals surface area contributed by atoms with E-state index in [1.54, 1.807) is 0 Å². The number of halogens is 4. The first kappa shape index (κ1) is 15.1. The van der Waals surface area contributed by atoms with E-state index in [4.69, 9.17) is 5.11 Å². The van der Waals surface area contributed by atoms with Crippen molar-refractivity contribution in [3.63, 3.8) is 0 Å². The molecule has 112 valence electrons. The molecular weight excluding hydrogens is 302 g/mol. The smallest absolute Gasteiger partial charge is 0.325 e. The number of rotatable bonds is 7. The van der Waals surface area contributed by atoms with Gasteiger partial charge in [-0.2, -0.15) is 8.78 Å². The van der Waals surface area contributed by atoms with E-state index in [1.165, 1.54) is 0 Å². The number of carboxylic acids is 1. The molecule has 1 aliphatic rings. The monoisotopic (exact) mass is 313 g/mol. The Hall–Kier alpha value is -1.32. The molecule has 5 nitrogen and oxygen atoms in total. The van der Waals surface area contributed by atoms with Gasteiger partial charge in [0.2, 0.25) is 0 Å². The van der Waals surface area contributed by atoms with Gasteiger partial charge in [0.05, 0.1) is 12.3 Å². The SMILES string of the molecule is O=C(O)CSc1nnc(C2CC2)n1CC(F)(F)C(F)F. The summed E-state index contributed by atoms with van der Waals surface area (Å²) in [6, 6.07) is 0. The molecule has 1 N–H and O–H groups in total. The van der Waals surface area contributed by atoms with Crippen molar-refractivity contribution in [3.05, 3.63) is 5.82 Å². The van der Waals surface area contributed by atoms with Gasteiger partial charge in [0.15, 0.2) is 5.16 Å². The summed E-state index contributed by atoms with van der Waals surface area (Å²) in [7, 11) is 0. The molecule has 0 bridgehead atoms. The number of thioether (sulfide) groups is 1. The number of alkyl halides is 4. The highest BCUT2D eigenvalue weighted by Gasteiger charge is 2.43. The van der Waals surface area contributed by atoms with Gasteiger partial charge in [-0.05, 0) is 12.8 Å². The Labute approximate surface area is 115 Å². The fourth-order valence-corrected chi connectivity index (χ4v) is 2.27. The first-order chi connectivity index (χ1) is 9.31. The van der Waals surface area contributed by atoms with E-state index in [-0.39, 0.29) is 16.9 Å². The second-order valence-electron chi connectivity index (χ2n) is 4.45. The molecule has 1 heterocycles. The van der Waals surface area contributed by atoms with Crippen molar-refractivity contribution >= 4 is 17.7 Å². The average Bonchev–Trinajstić information content (AvgIpc) is 3.10. The molecule has 1 fully saturated rings. The lowest BCUT2D eigenvalue weighted by Crippen LogP contribution is -2.33. The molecule has 0 aromatic carbocycles. The van der Waals surface area contributed by atoms with Crippen molar-refractivity contribution in [2.45, 2.75) is 42.8 Å². The van der Waals surface area contributed by atoms with Gasteiger partial charge in [0.25, 0.3) is 0 Å². The third-order valence-electron chi connectivity index (χ3n) is 2.70. The summed E-state index contributed by atoms with van der Waals surface area (Å²) in [6.45, 7) is -1.24. The predicted octanol–water partition coefficient (Wildman–Crippen LogP) is 2.23. The summed E-state index contributed by atoms with van der Waals surface area (Å²) in [5, 5.41) is 15.8. The third-order valence-corrected chi connectivity index (χ3v) is 3.65. The molecule has 0 unspecified atom stereocenters. The van der Waals surface area contributed by atoms with Gasteiger partial charge in [0.1, 0.15) is 5.82 Å². The Bertz CT molecular complexity index is 505. The Balaban J connectivity index is 2.22. The largest absolute Gasteiger partial charge is 0.481 e. The number of carbonyl (C=O) groups is 1. The number of hydrogen-bond donors (Lipinski definition) is 1. The van der Waals surface area contributed by atoms with Crippen LogP contribution in [0.5, 0.6) is 0 Å².